The number of hydrogen-bond acceptors (Lipinski definition) is 2. The number of aromatic nitrogens is 2. The van der Waals surface area contributed by atoms with Crippen LogP contribution in [0, 0.1) is 0 Å². The van der Waals surface area contributed by atoms with Gasteiger partial charge in [-0.3, -0.25) is 0 Å². The van der Waals surface area contributed by atoms with E-state index in [1.807, 2.05) is 18.7 Å². The number of hydrogen-bond donors (Lipinski definition) is 1. The van der Waals surface area contributed by atoms with E-state index in [0.29, 0.717) is 0 Å². The van der Waals surface area contributed by atoms with Crippen molar-refractivity contribution in [2.75, 3.05) is 6.54 Å². The largest absolute Gasteiger partial charge is 0.330 e. The molecular formula is C10H17N3. The number of nitrogens with zero attached hydrogens (tertiary/aromatic N) is 2. The minimum atomic E-state index is 0.175. The minimum absolute atomic E-state index is 0.175. The molecule has 0 aliphatic heterocycles. The van der Waals surface area contributed by atoms with E-state index in [2.05, 4.69) is 9.55 Å². The van der Waals surface area contributed by atoms with Gasteiger partial charge in [0.15, 0.2) is 0 Å². The Hall–Kier alpha value is -0.830. The molecule has 1 heterocycles. The van der Waals surface area contributed by atoms with Gasteiger partial charge in [-0.05, 0) is 12.8 Å². The Morgan fingerprint density at radius 3 is 2.62 bits per heavy atom. The molecule has 0 spiro atoms. The van der Waals surface area contributed by atoms with Gasteiger partial charge in [0, 0.05) is 18.9 Å². The minimum Gasteiger partial charge on any atom is -0.330 e. The Morgan fingerprint density at radius 2 is 2.08 bits per heavy atom. The first-order chi connectivity index (χ1) is 6.37. The third-order valence-corrected chi connectivity index (χ3v) is 3.22. The molecule has 0 atom stereocenters. The van der Waals surface area contributed by atoms with Crippen LogP contribution < -0.4 is 5.73 Å². The van der Waals surface area contributed by atoms with E-state index < -0.39 is 0 Å². The van der Waals surface area contributed by atoms with Crippen molar-refractivity contribution in [3.8, 4) is 0 Å². The molecule has 1 aromatic heterocycles. The van der Waals surface area contributed by atoms with Gasteiger partial charge in [-0.25, -0.2) is 4.98 Å². The topological polar surface area (TPSA) is 43.8 Å². The fourth-order valence-corrected chi connectivity index (χ4v) is 2.32. The number of nitrogens with two attached hydrogens (primary N) is 1. The summed E-state index contributed by atoms with van der Waals surface area (Å²) in [4.78, 5) is 4.10. The second-order valence-corrected chi connectivity index (χ2v) is 3.96. The van der Waals surface area contributed by atoms with Crippen molar-refractivity contribution in [1.29, 1.82) is 0 Å². The van der Waals surface area contributed by atoms with E-state index in [4.69, 9.17) is 5.73 Å². The molecule has 0 unspecified atom stereocenters. The van der Waals surface area contributed by atoms with Gasteiger partial charge < -0.3 is 10.3 Å². The van der Waals surface area contributed by atoms with E-state index in [9.17, 15) is 0 Å². The van der Waals surface area contributed by atoms with Crippen LogP contribution >= 0.6 is 0 Å². The summed E-state index contributed by atoms with van der Waals surface area (Å²) in [5, 5.41) is 0. The summed E-state index contributed by atoms with van der Waals surface area (Å²) < 4.78 is 2.20. The van der Waals surface area contributed by atoms with E-state index in [1.54, 1.807) is 0 Å². The maximum absolute atomic E-state index is 5.88. The van der Waals surface area contributed by atoms with Crippen molar-refractivity contribution in [2.24, 2.45) is 5.73 Å². The standard InChI is InChI=1S/C10H17N3/c11-8-10(4-2-1-3-5-10)13-7-6-12-9-13/h6-7,9H,1-5,8,11H2. The Morgan fingerprint density at radius 1 is 1.31 bits per heavy atom. The normalized spacial score (nSPS) is 21.6. The molecule has 13 heavy (non-hydrogen) atoms. The zero-order chi connectivity index (χ0) is 9.15. The highest BCUT2D eigenvalue weighted by molar-refractivity contribution is 4.94. The van der Waals surface area contributed by atoms with Crippen molar-refractivity contribution >= 4 is 0 Å². The molecule has 0 radical (unpaired) electrons. The highest BCUT2D eigenvalue weighted by atomic mass is 15.1. The third kappa shape index (κ3) is 1.48. The van der Waals surface area contributed by atoms with Crippen molar-refractivity contribution in [3.63, 3.8) is 0 Å². The second kappa shape index (κ2) is 3.50. The smallest absolute Gasteiger partial charge is 0.0951 e. The lowest BCUT2D eigenvalue weighted by atomic mass is 9.81. The molecule has 1 fully saturated rings. The lowest BCUT2D eigenvalue weighted by Crippen LogP contribution is -2.42. The molecule has 0 aromatic carbocycles. The van der Waals surface area contributed by atoms with E-state index >= 15 is 0 Å². The number of imidazole rings is 1. The summed E-state index contributed by atoms with van der Waals surface area (Å²) in [6.07, 6.45) is 12.2. The SMILES string of the molecule is NCC1(n2ccnc2)CCCCC1. The van der Waals surface area contributed by atoms with Gasteiger partial charge in [-0.2, -0.15) is 0 Å². The molecule has 1 aliphatic carbocycles. The fraction of sp³-hybridized carbons (Fsp3) is 0.700. The Kier molecular flexibility index (Phi) is 2.36. The molecule has 0 amide bonds. The van der Waals surface area contributed by atoms with Crippen LogP contribution in [0.4, 0.5) is 0 Å². The third-order valence-electron chi connectivity index (χ3n) is 3.22. The van der Waals surface area contributed by atoms with Crippen LogP contribution in [0.25, 0.3) is 0 Å². The first-order valence-electron chi connectivity index (χ1n) is 5.06. The quantitative estimate of drug-likeness (QED) is 0.747. The summed E-state index contributed by atoms with van der Waals surface area (Å²) in [5.41, 5.74) is 6.06. The average Bonchev–Trinajstić information content (AvgIpc) is 2.72. The van der Waals surface area contributed by atoms with Gasteiger partial charge in [0.25, 0.3) is 0 Å². The van der Waals surface area contributed by atoms with Gasteiger partial charge in [-0.15, -0.1) is 0 Å². The molecule has 3 nitrogen and oxygen atoms in total. The van der Waals surface area contributed by atoms with Crippen LogP contribution in [0.15, 0.2) is 18.7 Å². The zero-order valence-electron chi connectivity index (χ0n) is 7.95. The van der Waals surface area contributed by atoms with Gasteiger partial charge >= 0.3 is 0 Å². The molecular weight excluding hydrogens is 162 g/mol. The Labute approximate surface area is 79.0 Å². The maximum Gasteiger partial charge on any atom is 0.0951 e. The Balaban J connectivity index is 2.23. The van der Waals surface area contributed by atoms with Crippen molar-refractivity contribution < 1.29 is 0 Å². The molecule has 0 saturated heterocycles. The summed E-state index contributed by atoms with van der Waals surface area (Å²) in [5.74, 6) is 0. The van der Waals surface area contributed by atoms with Crippen LogP contribution in [0.1, 0.15) is 32.1 Å². The molecule has 1 aliphatic rings. The maximum atomic E-state index is 5.88. The van der Waals surface area contributed by atoms with Crippen molar-refractivity contribution in [3.05, 3.63) is 18.7 Å². The second-order valence-electron chi connectivity index (χ2n) is 3.96. The summed E-state index contributed by atoms with van der Waals surface area (Å²) in [6, 6.07) is 0. The Bertz CT molecular complexity index is 247. The lowest BCUT2D eigenvalue weighted by Gasteiger charge is -2.37. The van der Waals surface area contributed by atoms with Crippen LogP contribution in [0.5, 0.6) is 0 Å². The highest BCUT2D eigenvalue weighted by Crippen LogP contribution is 2.33. The molecule has 0 bridgehead atoms. The number of rotatable bonds is 2. The molecule has 2 rings (SSSR count). The van der Waals surface area contributed by atoms with Crippen molar-refractivity contribution in [1.82, 2.24) is 9.55 Å². The van der Waals surface area contributed by atoms with Crippen LogP contribution in [-0.2, 0) is 5.54 Å². The monoisotopic (exact) mass is 179 g/mol. The summed E-state index contributed by atoms with van der Waals surface area (Å²) in [6.45, 7) is 0.739. The van der Waals surface area contributed by atoms with Gasteiger partial charge in [0.2, 0.25) is 0 Å². The predicted octanol–water partition coefficient (Wildman–Crippen LogP) is 1.50. The van der Waals surface area contributed by atoms with Crippen LogP contribution in [0.3, 0.4) is 0 Å². The molecule has 1 saturated carbocycles. The molecule has 3 heteroatoms. The predicted molar refractivity (Wildman–Crippen MR) is 52.3 cm³/mol. The van der Waals surface area contributed by atoms with E-state index in [0.717, 1.165) is 6.54 Å². The van der Waals surface area contributed by atoms with Gasteiger partial charge in [-0.1, -0.05) is 19.3 Å². The average molecular weight is 179 g/mol. The lowest BCUT2D eigenvalue weighted by molar-refractivity contribution is 0.202. The van der Waals surface area contributed by atoms with Crippen LogP contribution in [0.2, 0.25) is 0 Å². The first-order valence-corrected chi connectivity index (χ1v) is 5.06. The fourth-order valence-electron chi connectivity index (χ4n) is 2.32. The summed E-state index contributed by atoms with van der Waals surface area (Å²) >= 11 is 0. The van der Waals surface area contributed by atoms with Gasteiger partial charge in [0.1, 0.15) is 0 Å². The van der Waals surface area contributed by atoms with Gasteiger partial charge in [0.05, 0.1) is 11.9 Å². The van der Waals surface area contributed by atoms with E-state index in [1.165, 1.54) is 32.1 Å². The summed E-state index contributed by atoms with van der Waals surface area (Å²) in [7, 11) is 0. The molecule has 72 valence electrons. The van der Waals surface area contributed by atoms with Crippen molar-refractivity contribution in [2.45, 2.75) is 37.6 Å². The molecule has 2 N–H and O–H groups in total. The molecule has 1 aromatic rings. The highest BCUT2D eigenvalue weighted by Gasteiger charge is 2.31. The first kappa shape index (κ1) is 8.75. The van der Waals surface area contributed by atoms with Crippen LogP contribution in [-0.4, -0.2) is 16.1 Å². The zero-order valence-corrected chi connectivity index (χ0v) is 7.95. The van der Waals surface area contributed by atoms with E-state index in [-0.39, 0.29) is 5.54 Å².